The lowest BCUT2D eigenvalue weighted by Crippen LogP contribution is -2.07. The molecule has 0 aliphatic rings. The van der Waals surface area contributed by atoms with Crippen molar-refractivity contribution in [2.75, 3.05) is 10.6 Å². The highest BCUT2D eigenvalue weighted by atomic mass is 16.5. The van der Waals surface area contributed by atoms with Crippen LogP contribution in [0.5, 0.6) is 5.75 Å². The van der Waals surface area contributed by atoms with Crippen LogP contribution in [0, 0.1) is 18.3 Å². The summed E-state index contributed by atoms with van der Waals surface area (Å²) < 4.78 is 5.93. The number of carbonyl (C=O) groups is 1. The first-order chi connectivity index (χ1) is 15.5. The third kappa shape index (κ3) is 4.68. The Bertz CT molecular complexity index is 1330. The number of rotatable bonds is 6. The summed E-state index contributed by atoms with van der Waals surface area (Å²) in [6, 6.07) is 23.5. The molecule has 158 valence electrons. The number of nitrogens with one attached hydrogen (secondary N) is 2. The van der Waals surface area contributed by atoms with E-state index in [2.05, 4.69) is 21.7 Å². The third-order valence-electron chi connectivity index (χ3n) is 5.00. The van der Waals surface area contributed by atoms with Gasteiger partial charge in [-0.1, -0.05) is 36.4 Å². The fourth-order valence-corrected chi connectivity index (χ4v) is 3.44. The van der Waals surface area contributed by atoms with Crippen LogP contribution in [0.4, 0.5) is 17.1 Å². The number of ether oxygens (including phenoxy) is 1. The van der Waals surface area contributed by atoms with E-state index in [4.69, 9.17) is 4.74 Å². The highest BCUT2D eigenvalue weighted by Crippen LogP contribution is 2.33. The normalized spacial score (nSPS) is 10.4. The summed E-state index contributed by atoms with van der Waals surface area (Å²) in [5, 5.41) is 16.6. The van der Waals surface area contributed by atoms with Gasteiger partial charge in [0.15, 0.2) is 0 Å². The number of pyridine rings is 1. The average molecular weight is 422 g/mol. The van der Waals surface area contributed by atoms with Crippen molar-refractivity contribution in [3.05, 3.63) is 89.6 Å². The van der Waals surface area contributed by atoms with Crippen LogP contribution in [0.2, 0.25) is 0 Å². The van der Waals surface area contributed by atoms with E-state index in [1.807, 2.05) is 73.7 Å². The topological polar surface area (TPSA) is 87.0 Å². The van der Waals surface area contributed by atoms with E-state index >= 15 is 0 Å². The number of nitriles is 1. The standard InChI is InChI=1S/C26H22N4O2/c1-17-11-25-23(13-24(17)29-18(2)31)26(20(14-27)15-28-25)30-21-9-6-10-22(12-21)32-16-19-7-4-3-5-8-19/h3-13,15H,16H2,1-2H3,(H,28,30)(H,29,31). The van der Waals surface area contributed by atoms with Crippen LogP contribution in [-0.2, 0) is 11.4 Å². The Morgan fingerprint density at radius 2 is 1.91 bits per heavy atom. The Kier molecular flexibility index (Phi) is 6.00. The number of benzene rings is 3. The predicted molar refractivity (Wildman–Crippen MR) is 126 cm³/mol. The molecule has 0 unspecified atom stereocenters. The second kappa shape index (κ2) is 9.19. The number of amides is 1. The third-order valence-corrected chi connectivity index (χ3v) is 5.00. The van der Waals surface area contributed by atoms with Crippen LogP contribution >= 0.6 is 0 Å². The molecule has 1 aromatic heterocycles. The van der Waals surface area contributed by atoms with Gasteiger partial charge in [-0.15, -0.1) is 0 Å². The molecule has 0 fully saturated rings. The van der Waals surface area contributed by atoms with Gasteiger partial charge in [-0.2, -0.15) is 5.26 Å². The van der Waals surface area contributed by atoms with E-state index in [0.29, 0.717) is 29.3 Å². The van der Waals surface area contributed by atoms with Crippen molar-refractivity contribution < 1.29 is 9.53 Å². The number of fused-ring (bicyclic) bond motifs is 1. The van der Waals surface area contributed by atoms with Crippen molar-refractivity contribution >= 4 is 33.9 Å². The van der Waals surface area contributed by atoms with Crippen LogP contribution in [0.1, 0.15) is 23.6 Å². The number of hydrogen-bond acceptors (Lipinski definition) is 5. The number of anilines is 3. The number of aromatic nitrogens is 1. The van der Waals surface area contributed by atoms with Crippen molar-refractivity contribution in [1.29, 1.82) is 5.26 Å². The molecule has 1 amide bonds. The van der Waals surface area contributed by atoms with Gasteiger partial charge in [0.2, 0.25) is 5.91 Å². The molecule has 0 aliphatic carbocycles. The SMILES string of the molecule is CC(=O)Nc1cc2c(Nc3cccc(OCc4ccccc4)c3)c(C#N)cnc2cc1C. The average Bonchev–Trinajstić information content (AvgIpc) is 2.79. The maximum atomic E-state index is 11.6. The van der Waals surface area contributed by atoms with Crippen molar-refractivity contribution in [1.82, 2.24) is 4.98 Å². The van der Waals surface area contributed by atoms with Gasteiger partial charge in [-0.05, 0) is 42.3 Å². The number of carbonyl (C=O) groups excluding carboxylic acids is 1. The molecule has 0 bridgehead atoms. The second-order valence-corrected chi connectivity index (χ2v) is 7.45. The first kappa shape index (κ1) is 20.9. The van der Waals surface area contributed by atoms with Crippen LogP contribution in [0.15, 0.2) is 72.9 Å². The molecule has 4 aromatic rings. The lowest BCUT2D eigenvalue weighted by atomic mass is 10.1. The Morgan fingerprint density at radius 1 is 1.09 bits per heavy atom. The predicted octanol–water partition coefficient (Wildman–Crippen LogP) is 5.70. The van der Waals surface area contributed by atoms with E-state index in [-0.39, 0.29) is 5.91 Å². The van der Waals surface area contributed by atoms with Gasteiger partial charge in [0, 0.05) is 35.9 Å². The smallest absolute Gasteiger partial charge is 0.221 e. The quantitative estimate of drug-likeness (QED) is 0.416. The minimum absolute atomic E-state index is 0.158. The molecule has 4 rings (SSSR count). The molecule has 0 saturated carbocycles. The van der Waals surface area contributed by atoms with E-state index < -0.39 is 0 Å². The monoisotopic (exact) mass is 422 g/mol. The molecule has 1 heterocycles. The van der Waals surface area contributed by atoms with Crippen LogP contribution in [-0.4, -0.2) is 10.9 Å². The molecule has 6 nitrogen and oxygen atoms in total. The lowest BCUT2D eigenvalue weighted by Gasteiger charge is -2.15. The number of aryl methyl sites for hydroxylation is 1. The zero-order valence-electron chi connectivity index (χ0n) is 17.8. The van der Waals surface area contributed by atoms with Gasteiger partial charge in [0.25, 0.3) is 0 Å². The lowest BCUT2D eigenvalue weighted by molar-refractivity contribution is -0.114. The molecule has 0 radical (unpaired) electrons. The zero-order valence-corrected chi connectivity index (χ0v) is 17.8. The van der Waals surface area contributed by atoms with Crippen LogP contribution in [0.3, 0.4) is 0 Å². The summed E-state index contributed by atoms with van der Waals surface area (Å²) in [6.45, 7) is 3.84. The van der Waals surface area contributed by atoms with Gasteiger partial charge in [-0.25, -0.2) is 0 Å². The highest BCUT2D eigenvalue weighted by molar-refractivity contribution is 6.00. The summed E-state index contributed by atoms with van der Waals surface area (Å²) in [7, 11) is 0. The summed E-state index contributed by atoms with van der Waals surface area (Å²) in [5.41, 5.74) is 5.21. The van der Waals surface area contributed by atoms with Gasteiger partial charge >= 0.3 is 0 Å². The molecular formula is C26H22N4O2. The summed E-state index contributed by atoms with van der Waals surface area (Å²) in [4.78, 5) is 16.0. The zero-order chi connectivity index (χ0) is 22.5. The van der Waals surface area contributed by atoms with Crippen LogP contribution < -0.4 is 15.4 Å². The van der Waals surface area contributed by atoms with Crippen LogP contribution in [0.25, 0.3) is 10.9 Å². The molecule has 32 heavy (non-hydrogen) atoms. The summed E-state index contributed by atoms with van der Waals surface area (Å²) in [6.07, 6.45) is 1.55. The molecule has 0 atom stereocenters. The first-order valence-electron chi connectivity index (χ1n) is 10.2. The fraction of sp³-hybridized carbons (Fsp3) is 0.115. The largest absolute Gasteiger partial charge is 0.489 e. The van der Waals surface area contributed by atoms with Gasteiger partial charge < -0.3 is 15.4 Å². The Hall–Kier alpha value is -4.37. The van der Waals surface area contributed by atoms with Crippen molar-refractivity contribution in [3.8, 4) is 11.8 Å². The summed E-state index contributed by atoms with van der Waals surface area (Å²) in [5.74, 6) is 0.556. The Balaban J connectivity index is 1.67. The molecule has 2 N–H and O–H groups in total. The molecule has 0 aliphatic heterocycles. The molecule has 3 aromatic carbocycles. The molecular weight excluding hydrogens is 400 g/mol. The van der Waals surface area contributed by atoms with Gasteiger partial charge in [0.05, 0.1) is 16.8 Å². The van der Waals surface area contributed by atoms with E-state index in [9.17, 15) is 10.1 Å². The molecule has 0 saturated heterocycles. The minimum Gasteiger partial charge on any atom is -0.489 e. The van der Waals surface area contributed by atoms with Crippen molar-refractivity contribution in [3.63, 3.8) is 0 Å². The van der Waals surface area contributed by atoms with E-state index in [1.165, 1.54) is 6.92 Å². The van der Waals surface area contributed by atoms with Crippen molar-refractivity contribution in [2.45, 2.75) is 20.5 Å². The van der Waals surface area contributed by atoms with Gasteiger partial charge in [0.1, 0.15) is 18.4 Å². The molecule has 6 heteroatoms. The number of nitrogens with zero attached hydrogens (tertiary/aromatic N) is 2. The summed E-state index contributed by atoms with van der Waals surface area (Å²) >= 11 is 0. The maximum absolute atomic E-state index is 11.6. The Morgan fingerprint density at radius 3 is 2.66 bits per heavy atom. The molecule has 0 spiro atoms. The highest BCUT2D eigenvalue weighted by Gasteiger charge is 2.13. The first-order valence-corrected chi connectivity index (χ1v) is 10.2. The second-order valence-electron chi connectivity index (χ2n) is 7.45. The van der Waals surface area contributed by atoms with E-state index in [1.54, 1.807) is 6.20 Å². The number of hydrogen-bond donors (Lipinski definition) is 2. The van der Waals surface area contributed by atoms with E-state index in [0.717, 1.165) is 27.7 Å². The fourth-order valence-electron chi connectivity index (χ4n) is 3.44. The Labute approximate surface area is 186 Å². The maximum Gasteiger partial charge on any atom is 0.221 e. The van der Waals surface area contributed by atoms with Gasteiger partial charge in [-0.3, -0.25) is 9.78 Å². The van der Waals surface area contributed by atoms with Crippen molar-refractivity contribution in [2.24, 2.45) is 0 Å². The minimum atomic E-state index is -0.158.